The minimum absolute atomic E-state index is 0.0204. The average molecular weight is 565 g/mol. The molecule has 1 amide bonds. The standard InChI is InChI=1S/C29H37FN8O3/c1-36-13-15-37(16-14-36)12-6-11-33-24-21(30)17-19-25-27(24)41-23-8-3-2-7-22(23)38(25)18-20(26(19)39)28(40)34-9-4-5-10-35-29(31)32/h2-3,7-8,17-18,33H,4-6,9-16H2,1H3,(H,34,40)(H4,31,32,35). The highest BCUT2D eigenvalue weighted by atomic mass is 19.1. The number of hydrogen-bond acceptors (Lipinski definition) is 7. The van der Waals surface area contributed by atoms with Gasteiger partial charge in [0.1, 0.15) is 16.8 Å². The number of likely N-dealkylation sites (N-methyl/N-ethyl adjacent to an activating group) is 1. The van der Waals surface area contributed by atoms with Crippen molar-refractivity contribution in [3.05, 3.63) is 58.1 Å². The number of aromatic nitrogens is 1. The molecule has 0 unspecified atom stereocenters. The van der Waals surface area contributed by atoms with Crippen LogP contribution in [-0.2, 0) is 0 Å². The van der Waals surface area contributed by atoms with Crippen LogP contribution in [0.1, 0.15) is 29.6 Å². The SMILES string of the molecule is CN1CCN(CCCNc2c(F)cc3c(=O)c(C(=O)NCCCCN=C(N)N)cn4c3c2Oc2ccccc2-4)CC1. The minimum Gasteiger partial charge on any atom is -0.451 e. The van der Waals surface area contributed by atoms with Crippen molar-refractivity contribution in [3.63, 3.8) is 0 Å². The number of para-hydroxylation sites is 2. The Labute approximate surface area is 237 Å². The predicted octanol–water partition coefficient (Wildman–Crippen LogP) is 2.07. The summed E-state index contributed by atoms with van der Waals surface area (Å²) in [6, 6.07) is 8.47. The molecule has 2 aliphatic heterocycles. The smallest absolute Gasteiger partial charge is 0.256 e. The van der Waals surface area contributed by atoms with E-state index in [1.54, 1.807) is 10.6 Å². The van der Waals surface area contributed by atoms with Crippen LogP contribution in [0, 0.1) is 5.82 Å². The number of amides is 1. The molecule has 0 atom stereocenters. The Morgan fingerprint density at radius 3 is 2.66 bits per heavy atom. The van der Waals surface area contributed by atoms with Crippen LogP contribution >= 0.6 is 0 Å². The normalized spacial score (nSPS) is 14.8. The van der Waals surface area contributed by atoms with Crippen LogP contribution in [0.5, 0.6) is 11.5 Å². The first-order valence-electron chi connectivity index (χ1n) is 14.0. The third-order valence-electron chi connectivity index (χ3n) is 7.49. The lowest BCUT2D eigenvalue weighted by Gasteiger charge is -2.32. The number of nitrogens with zero attached hydrogens (tertiary/aromatic N) is 4. The average Bonchev–Trinajstić information content (AvgIpc) is 2.96. The van der Waals surface area contributed by atoms with E-state index in [-0.39, 0.29) is 28.3 Å². The monoisotopic (exact) mass is 564 g/mol. The van der Waals surface area contributed by atoms with Crippen molar-refractivity contribution in [1.29, 1.82) is 0 Å². The zero-order chi connectivity index (χ0) is 28.9. The molecule has 3 heterocycles. The number of guanidine groups is 1. The number of anilines is 1. The Morgan fingerprint density at radius 2 is 1.88 bits per heavy atom. The van der Waals surface area contributed by atoms with Gasteiger partial charge in [0.15, 0.2) is 23.3 Å². The molecule has 1 aromatic heterocycles. The molecule has 12 heteroatoms. The number of carbonyl (C=O) groups is 1. The second-order valence-corrected chi connectivity index (χ2v) is 10.5. The second kappa shape index (κ2) is 12.6. The topological polar surface area (TPSA) is 143 Å². The van der Waals surface area contributed by atoms with E-state index >= 15 is 4.39 Å². The summed E-state index contributed by atoms with van der Waals surface area (Å²) in [7, 11) is 2.12. The lowest BCUT2D eigenvalue weighted by molar-refractivity contribution is 0.0951. The van der Waals surface area contributed by atoms with Crippen LogP contribution in [0.15, 0.2) is 46.3 Å². The molecule has 41 heavy (non-hydrogen) atoms. The van der Waals surface area contributed by atoms with Gasteiger partial charge in [-0.15, -0.1) is 0 Å². The molecular formula is C29H37FN8O3. The summed E-state index contributed by atoms with van der Waals surface area (Å²) < 4.78 is 23.5. The van der Waals surface area contributed by atoms with Crippen LogP contribution in [0.25, 0.3) is 16.6 Å². The van der Waals surface area contributed by atoms with Crippen molar-refractivity contribution in [2.75, 3.05) is 64.7 Å². The van der Waals surface area contributed by atoms with E-state index in [4.69, 9.17) is 16.2 Å². The fraction of sp³-hybridized carbons (Fsp3) is 0.414. The van der Waals surface area contributed by atoms with Gasteiger partial charge in [0.25, 0.3) is 5.91 Å². The highest BCUT2D eigenvalue weighted by molar-refractivity contribution is 6.01. The van der Waals surface area contributed by atoms with E-state index in [0.717, 1.165) is 39.1 Å². The number of halogens is 1. The van der Waals surface area contributed by atoms with Gasteiger partial charge in [-0.1, -0.05) is 12.1 Å². The van der Waals surface area contributed by atoms with Gasteiger partial charge in [0, 0.05) is 52.0 Å². The quantitative estimate of drug-likeness (QED) is 0.123. The fourth-order valence-electron chi connectivity index (χ4n) is 5.22. The Bertz CT molecular complexity index is 1510. The third-order valence-corrected chi connectivity index (χ3v) is 7.49. The van der Waals surface area contributed by atoms with E-state index in [9.17, 15) is 9.59 Å². The van der Waals surface area contributed by atoms with Gasteiger partial charge in [-0.2, -0.15) is 0 Å². The van der Waals surface area contributed by atoms with Crippen molar-refractivity contribution in [2.24, 2.45) is 16.5 Å². The maximum absolute atomic E-state index is 15.6. The number of nitrogens with one attached hydrogen (secondary N) is 2. The van der Waals surface area contributed by atoms with Gasteiger partial charge in [-0.25, -0.2) is 4.39 Å². The summed E-state index contributed by atoms with van der Waals surface area (Å²) in [4.78, 5) is 35.2. The van der Waals surface area contributed by atoms with E-state index in [1.807, 2.05) is 18.2 Å². The Morgan fingerprint density at radius 1 is 1.10 bits per heavy atom. The molecule has 6 N–H and O–H groups in total. The van der Waals surface area contributed by atoms with Crippen molar-refractivity contribution >= 4 is 28.5 Å². The lowest BCUT2D eigenvalue weighted by atomic mass is 10.1. The van der Waals surface area contributed by atoms with Crippen molar-refractivity contribution < 1.29 is 13.9 Å². The zero-order valence-electron chi connectivity index (χ0n) is 23.3. The molecule has 3 aromatic rings. The molecule has 0 aliphatic carbocycles. The largest absolute Gasteiger partial charge is 0.451 e. The molecule has 2 aromatic carbocycles. The van der Waals surface area contributed by atoms with Gasteiger partial charge in [0.05, 0.1) is 11.1 Å². The molecule has 1 saturated heterocycles. The molecule has 1 fully saturated rings. The van der Waals surface area contributed by atoms with Crippen molar-refractivity contribution in [2.45, 2.75) is 19.3 Å². The zero-order valence-corrected chi connectivity index (χ0v) is 23.3. The number of piperazine rings is 1. The molecular weight excluding hydrogens is 527 g/mol. The Hall–Kier alpha value is -4.16. The number of rotatable bonds is 11. The molecule has 0 radical (unpaired) electrons. The summed E-state index contributed by atoms with van der Waals surface area (Å²) in [6.07, 6.45) is 3.64. The Balaban J connectivity index is 1.39. The van der Waals surface area contributed by atoms with E-state index in [1.165, 1.54) is 12.3 Å². The van der Waals surface area contributed by atoms with E-state index < -0.39 is 17.2 Å². The lowest BCUT2D eigenvalue weighted by Crippen LogP contribution is -2.44. The number of benzene rings is 2. The highest BCUT2D eigenvalue weighted by Gasteiger charge is 2.28. The first-order chi connectivity index (χ1) is 19.8. The van der Waals surface area contributed by atoms with Gasteiger partial charge in [0.2, 0.25) is 5.43 Å². The summed E-state index contributed by atoms with van der Waals surface area (Å²) in [5.74, 6) is -0.372. The molecule has 5 rings (SSSR count). The fourth-order valence-corrected chi connectivity index (χ4v) is 5.22. The van der Waals surface area contributed by atoms with Crippen LogP contribution in [0.3, 0.4) is 0 Å². The van der Waals surface area contributed by atoms with Crippen molar-refractivity contribution in [1.82, 2.24) is 19.7 Å². The summed E-state index contributed by atoms with van der Waals surface area (Å²) in [6.45, 7) is 6.37. The molecule has 0 saturated carbocycles. The maximum atomic E-state index is 15.6. The molecule has 0 bridgehead atoms. The van der Waals surface area contributed by atoms with Gasteiger partial charge in [-0.05, 0) is 51.1 Å². The molecule has 218 valence electrons. The molecule has 2 aliphatic rings. The first kappa shape index (κ1) is 28.4. The number of nitrogens with two attached hydrogens (primary N) is 2. The van der Waals surface area contributed by atoms with Crippen LogP contribution < -0.4 is 32.3 Å². The number of ether oxygens (including phenoxy) is 1. The maximum Gasteiger partial charge on any atom is 0.256 e. The van der Waals surface area contributed by atoms with E-state index in [0.29, 0.717) is 49.4 Å². The van der Waals surface area contributed by atoms with Gasteiger partial charge >= 0.3 is 0 Å². The number of hydrogen-bond donors (Lipinski definition) is 4. The van der Waals surface area contributed by atoms with Gasteiger partial charge in [-0.3, -0.25) is 14.6 Å². The predicted molar refractivity (Wildman–Crippen MR) is 159 cm³/mol. The second-order valence-electron chi connectivity index (χ2n) is 10.5. The summed E-state index contributed by atoms with van der Waals surface area (Å²) >= 11 is 0. The van der Waals surface area contributed by atoms with Crippen molar-refractivity contribution in [3.8, 4) is 17.2 Å². The molecule has 11 nitrogen and oxygen atoms in total. The summed E-state index contributed by atoms with van der Waals surface area (Å²) in [5, 5.41) is 6.08. The van der Waals surface area contributed by atoms with Crippen LogP contribution in [-0.4, -0.2) is 85.6 Å². The number of fused-ring (bicyclic) bond motifs is 2. The van der Waals surface area contributed by atoms with Gasteiger partial charge < -0.3 is 41.2 Å². The number of carbonyl (C=O) groups excluding carboxylic acids is 1. The van der Waals surface area contributed by atoms with Crippen LogP contribution in [0.4, 0.5) is 10.1 Å². The minimum atomic E-state index is -0.604. The number of unbranched alkanes of at least 4 members (excludes halogenated alkanes) is 1. The first-order valence-corrected chi connectivity index (χ1v) is 14.0. The number of aliphatic imine (C=N–C) groups is 1. The highest BCUT2D eigenvalue weighted by Crippen LogP contribution is 2.45. The third kappa shape index (κ3) is 6.28. The molecule has 0 spiro atoms. The Kier molecular flexibility index (Phi) is 8.70. The van der Waals surface area contributed by atoms with E-state index in [2.05, 4.69) is 32.5 Å². The number of pyridine rings is 1. The van der Waals surface area contributed by atoms with Crippen LogP contribution in [0.2, 0.25) is 0 Å². The summed E-state index contributed by atoms with van der Waals surface area (Å²) in [5.41, 5.74) is 11.3.